The van der Waals surface area contributed by atoms with Crippen molar-refractivity contribution in [2.75, 3.05) is 0 Å². The zero-order chi connectivity index (χ0) is 18.6. The van der Waals surface area contributed by atoms with Crippen LogP contribution in [-0.2, 0) is 12.8 Å². The number of hydrogen-bond donors (Lipinski definition) is 1. The molecule has 2 aromatic carbocycles. The molecule has 0 aliphatic heterocycles. The zero-order valence-corrected chi connectivity index (χ0v) is 14.0. The second kappa shape index (κ2) is 7.47. The summed E-state index contributed by atoms with van der Waals surface area (Å²) in [6, 6.07) is 12.7. The number of halogens is 3. The van der Waals surface area contributed by atoms with E-state index in [1.165, 1.54) is 12.1 Å². The van der Waals surface area contributed by atoms with E-state index in [9.17, 15) is 13.2 Å². The van der Waals surface area contributed by atoms with Gasteiger partial charge in [0, 0.05) is 0 Å². The van der Waals surface area contributed by atoms with Gasteiger partial charge in [-0.3, -0.25) is 0 Å². The first-order valence-corrected chi connectivity index (χ1v) is 7.99. The van der Waals surface area contributed by atoms with Gasteiger partial charge in [-0.1, -0.05) is 35.9 Å². The molecule has 6 heteroatoms. The van der Waals surface area contributed by atoms with Crippen molar-refractivity contribution in [3.05, 3.63) is 82.9 Å². The Morgan fingerprint density at radius 1 is 1.00 bits per heavy atom. The number of nitrogens with zero attached hydrogens (tertiary/aromatic N) is 1. The van der Waals surface area contributed by atoms with Crippen LogP contribution >= 0.6 is 0 Å². The highest BCUT2D eigenvalue weighted by Gasteiger charge is 2.29. The smallest absolute Gasteiger partial charge is 0.416 e. The topological polar surface area (TPSA) is 37.9 Å². The quantitative estimate of drug-likeness (QED) is 0.655. The Morgan fingerprint density at radius 2 is 1.69 bits per heavy atom. The monoisotopic (exact) mass is 358 g/mol. The Balaban J connectivity index is 1.59. The summed E-state index contributed by atoms with van der Waals surface area (Å²) in [6.07, 6.45) is 0.748. The van der Waals surface area contributed by atoms with E-state index in [1.807, 2.05) is 31.2 Å². The SMILES string of the molecule is Cc1ccc(OCc2cnc(/C=C/c3ccc(C(F)(F)F)cc3)[nH]2)cc1. The van der Waals surface area contributed by atoms with E-state index in [2.05, 4.69) is 9.97 Å². The molecule has 0 aliphatic carbocycles. The lowest BCUT2D eigenvalue weighted by atomic mass is 10.1. The number of aromatic nitrogens is 2. The number of aryl methyl sites for hydroxylation is 1. The molecule has 0 fully saturated rings. The van der Waals surface area contributed by atoms with Crippen molar-refractivity contribution in [1.29, 1.82) is 0 Å². The van der Waals surface area contributed by atoms with Gasteiger partial charge in [-0.05, 0) is 42.8 Å². The van der Waals surface area contributed by atoms with Crippen LogP contribution in [0, 0.1) is 6.92 Å². The van der Waals surface area contributed by atoms with E-state index in [-0.39, 0.29) is 0 Å². The zero-order valence-electron chi connectivity index (χ0n) is 14.0. The van der Waals surface area contributed by atoms with Crippen molar-refractivity contribution in [2.24, 2.45) is 0 Å². The fourth-order valence-electron chi connectivity index (χ4n) is 2.29. The minimum absolute atomic E-state index is 0.351. The molecule has 1 heterocycles. The lowest BCUT2D eigenvalue weighted by molar-refractivity contribution is -0.137. The number of imidazole rings is 1. The molecule has 0 atom stereocenters. The van der Waals surface area contributed by atoms with Crippen LogP contribution in [-0.4, -0.2) is 9.97 Å². The normalized spacial score (nSPS) is 11.8. The molecule has 3 nitrogen and oxygen atoms in total. The van der Waals surface area contributed by atoms with Gasteiger partial charge < -0.3 is 9.72 Å². The predicted octanol–water partition coefficient (Wildman–Crippen LogP) is 5.49. The van der Waals surface area contributed by atoms with Crippen molar-refractivity contribution in [3.63, 3.8) is 0 Å². The number of H-pyrrole nitrogens is 1. The second-order valence-electron chi connectivity index (χ2n) is 5.85. The molecule has 0 aliphatic rings. The number of benzene rings is 2. The maximum atomic E-state index is 12.5. The van der Waals surface area contributed by atoms with Gasteiger partial charge in [0.1, 0.15) is 18.2 Å². The molecule has 0 saturated carbocycles. The molecule has 3 aromatic rings. The third-order valence-electron chi connectivity index (χ3n) is 3.74. The minimum Gasteiger partial charge on any atom is -0.487 e. The summed E-state index contributed by atoms with van der Waals surface area (Å²) in [7, 11) is 0. The Hall–Kier alpha value is -3.02. The highest BCUT2D eigenvalue weighted by Crippen LogP contribution is 2.29. The average Bonchev–Trinajstić information content (AvgIpc) is 3.07. The van der Waals surface area contributed by atoms with E-state index in [1.54, 1.807) is 18.3 Å². The van der Waals surface area contributed by atoms with Gasteiger partial charge in [-0.2, -0.15) is 13.2 Å². The van der Waals surface area contributed by atoms with Crippen molar-refractivity contribution in [2.45, 2.75) is 19.7 Å². The van der Waals surface area contributed by atoms with Crippen molar-refractivity contribution < 1.29 is 17.9 Å². The van der Waals surface area contributed by atoms with Crippen LogP contribution in [0.1, 0.15) is 28.2 Å². The highest BCUT2D eigenvalue weighted by molar-refractivity contribution is 5.66. The molecular formula is C20H17F3N2O. The molecule has 0 bridgehead atoms. The molecule has 0 spiro atoms. The Labute approximate surface area is 149 Å². The summed E-state index contributed by atoms with van der Waals surface area (Å²) in [4.78, 5) is 7.31. The standard InChI is InChI=1S/C20H17F3N2O/c1-14-2-9-18(10-3-14)26-13-17-12-24-19(25-17)11-6-15-4-7-16(8-5-15)20(21,22)23/h2-12H,13H2,1H3,(H,24,25)/b11-6+. The van der Waals surface area contributed by atoms with Crippen LogP contribution in [0.3, 0.4) is 0 Å². The first kappa shape index (κ1) is 17.8. The fourth-order valence-corrected chi connectivity index (χ4v) is 2.29. The van der Waals surface area contributed by atoms with Crippen LogP contribution in [0.25, 0.3) is 12.2 Å². The van der Waals surface area contributed by atoms with Crippen molar-refractivity contribution >= 4 is 12.2 Å². The number of ether oxygens (including phenoxy) is 1. The molecule has 0 unspecified atom stereocenters. The van der Waals surface area contributed by atoms with E-state index < -0.39 is 11.7 Å². The molecule has 134 valence electrons. The van der Waals surface area contributed by atoms with E-state index >= 15 is 0 Å². The molecule has 3 rings (SSSR count). The molecule has 1 N–H and O–H groups in total. The average molecular weight is 358 g/mol. The largest absolute Gasteiger partial charge is 0.487 e. The molecule has 0 amide bonds. The van der Waals surface area contributed by atoms with Gasteiger partial charge in [0.25, 0.3) is 0 Å². The van der Waals surface area contributed by atoms with Gasteiger partial charge in [-0.15, -0.1) is 0 Å². The fraction of sp³-hybridized carbons (Fsp3) is 0.150. The summed E-state index contributed by atoms with van der Waals surface area (Å²) in [5, 5.41) is 0. The van der Waals surface area contributed by atoms with Crippen molar-refractivity contribution in [3.8, 4) is 5.75 Å². The number of aromatic amines is 1. The summed E-state index contributed by atoms with van der Waals surface area (Å²) in [5.74, 6) is 1.37. The van der Waals surface area contributed by atoms with Gasteiger partial charge >= 0.3 is 6.18 Å². The number of alkyl halides is 3. The third-order valence-corrected chi connectivity index (χ3v) is 3.74. The molecule has 26 heavy (non-hydrogen) atoms. The van der Waals surface area contributed by atoms with E-state index in [0.717, 1.165) is 29.1 Å². The summed E-state index contributed by atoms with van der Waals surface area (Å²) < 4.78 is 43.3. The van der Waals surface area contributed by atoms with Crippen LogP contribution in [0.2, 0.25) is 0 Å². The first-order valence-electron chi connectivity index (χ1n) is 7.99. The summed E-state index contributed by atoms with van der Waals surface area (Å²) in [5.41, 5.74) is 1.96. The van der Waals surface area contributed by atoms with Crippen molar-refractivity contribution in [1.82, 2.24) is 9.97 Å². The molecular weight excluding hydrogens is 341 g/mol. The molecule has 0 saturated heterocycles. The summed E-state index contributed by atoms with van der Waals surface area (Å²) in [6.45, 7) is 2.36. The number of rotatable bonds is 5. The van der Waals surface area contributed by atoms with Gasteiger partial charge in [0.05, 0.1) is 17.5 Å². The second-order valence-corrected chi connectivity index (χ2v) is 5.85. The number of hydrogen-bond acceptors (Lipinski definition) is 2. The van der Waals surface area contributed by atoms with E-state index in [0.29, 0.717) is 18.0 Å². The lowest BCUT2D eigenvalue weighted by Crippen LogP contribution is -2.03. The molecule has 0 radical (unpaired) electrons. The number of nitrogens with one attached hydrogen (secondary N) is 1. The predicted molar refractivity (Wildman–Crippen MR) is 94.5 cm³/mol. The minimum atomic E-state index is -4.32. The van der Waals surface area contributed by atoms with Crippen LogP contribution in [0.15, 0.2) is 54.7 Å². The van der Waals surface area contributed by atoms with Crippen LogP contribution < -0.4 is 4.74 Å². The lowest BCUT2D eigenvalue weighted by Gasteiger charge is -2.05. The Kier molecular flexibility index (Phi) is 5.11. The van der Waals surface area contributed by atoms with Gasteiger partial charge in [0.15, 0.2) is 0 Å². The van der Waals surface area contributed by atoms with Gasteiger partial charge in [-0.25, -0.2) is 4.98 Å². The maximum Gasteiger partial charge on any atom is 0.416 e. The first-order chi connectivity index (χ1) is 12.4. The Bertz CT molecular complexity index is 879. The van der Waals surface area contributed by atoms with Crippen LogP contribution in [0.4, 0.5) is 13.2 Å². The van der Waals surface area contributed by atoms with E-state index in [4.69, 9.17) is 4.74 Å². The van der Waals surface area contributed by atoms with Gasteiger partial charge in [0.2, 0.25) is 0 Å². The highest BCUT2D eigenvalue weighted by atomic mass is 19.4. The third kappa shape index (κ3) is 4.75. The Morgan fingerprint density at radius 3 is 2.35 bits per heavy atom. The van der Waals surface area contributed by atoms with Crippen LogP contribution in [0.5, 0.6) is 5.75 Å². The summed E-state index contributed by atoms with van der Waals surface area (Å²) >= 11 is 0. The molecule has 1 aromatic heterocycles. The maximum absolute atomic E-state index is 12.5.